The van der Waals surface area contributed by atoms with E-state index in [4.69, 9.17) is 20.5 Å². The lowest BCUT2D eigenvalue weighted by Crippen LogP contribution is -2.14. The fourth-order valence-corrected chi connectivity index (χ4v) is 3.96. The quantitative estimate of drug-likeness (QED) is 0.261. The maximum absolute atomic E-state index is 12.3. The van der Waals surface area contributed by atoms with Crippen molar-refractivity contribution in [1.82, 2.24) is 14.8 Å². The van der Waals surface area contributed by atoms with Crippen LogP contribution >= 0.6 is 11.8 Å². The SMILES string of the molecule is COCCn1c(COc2ccccc2-c2ccccc2)nnc1SCC(=O)/C(C#N)=C(/C)N. The first-order valence-corrected chi connectivity index (χ1v) is 11.2. The summed E-state index contributed by atoms with van der Waals surface area (Å²) >= 11 is 1.20. The van der Waals surface area contributed by atoms with Gasteiger partial charge in [-0.2, -0.15) is 5.26 Å². The maximum atomic E-state index is 12.3. The van der Waals surface area contributed by atoms with Crippen LogP contribution in [-0.2, 0) is 22.7 Å². The average molecular weight is 464 g/mol. The smallest absolute Gasteiger partial charge is 0.191 e. The highest BCUT2D eigenvalue weighted by Crippen LogP contribution is 2.30. The Hall–Kier alpha value is -3.61. The Morgan fingerprint density at radius 2 is 1.88 bits per heavy atom. The summed E-state index contributed by atoms with van der Waals surface area (Å²) < 4.78 is 13.2. The molecule has 9 heteroatoms. The second-order valence-electron chi connectivity index (χ2n) is 7.08. The number of carbonyl (C=O) groups excluding carboxylic acids is 1. The molecule has 0 fully saturated rings. The zero-order valence-electron chi connectivity index (χ0n) is 18.5. The van der Waals surface area contributed by atoms with Crippen molar-refractivity contribution >= 4 is 17.5 Å². The number of hydrogen-bond acceptors (Lipinski definition) is 8. The van der Waals surface area contributed by atoms with E-state index >= 15 is 0 Å². The summed E-state index contributed by atoms with van der Waals surface area (Å²) in [5.41, 5.74) is 7.83. The highest BCUT2D eigenvalue weighted by Gasteiger charge is 2.18. The number of rotatable bonds is 11. The number of hydrogen-bond donors (Lipinski definition) is 1. The number of nitrogens with two attached hydrogens (primary N) is 1. The molecule has 0 aliphatic rings. The van der Waals surface area contributed by atoms with Crippen LogP contribution in [-0.4, -0.2) is 40.0 Å². The minimum atomic E-state index is -0.349. The van der Waals surface area contributed by atoms with Crippen molar-refractivity contribution in [2.75, 3.05) is 19.5 Å². The molecule has 0 unspecified atom stereocenters. The lowest BCUT2D eigenvalue weighted by molar-refractivity contribution is -0.112. The number of benzene rings is 2. The minimum absolute atomic E-state index is 0.0280. The molecule has 0 aliphatic heterocycles. The van der Waals surface area contributed by atoms with Crippen molar-refractivity contribution in [2.45, 2.75) is 25.2 Å². The lowest BCUT2D eigenvalue weighted by Gasteiger charge is -2.13. The van der Waals surface area contributed by atoms with Crippen molar-refractivity contribution in [1.29, 1.82) is 5.26 Å². The molecule has 1 aromatic heterocycles. The van der Waals surface area contributed by atoms with E-state index in [9.17, 15) is 4.79 Å². The van der Waals surface area contributed by atoms with E-state index in [2.05, 4.69) is 10.2 Å². The van der Waals surface area contributed by atoms with Gasteiger partial charge in [0.2, 0.25) is 0 Å². The fourth-order valence-electron chi connectivity index (χ4n) is 3.10. The van der Waals surface area contributed by atoms with Crippen LogP contribution in [0.5, 0.6) is 5.75 Å². The number of allylic oxidation sites excluding steroid dienone is 2. The first kappa shape index (κ1) is 24.0. The first-order chi connectivity index (χ1) is 16.0. The number of methoxy groups -OCH3 is 1. The van der Waals surface area contributed by atoms with Crippen LogP contribution in [0.4, 0.5) is 0 Å². The Bertz CT molecular complexity index is 1160. The standard InChI is InChI=1S/C24H25N5O3S/c1-17(26)20(14-25)21(30)16-33-24-28-27-23(29(24)12-13-31-2)15-32-22-11-7-6-10-19(22)18-8-4-3-5-9-18/h3-11H,12-13,15-16,26H2,1-2H3/b20-17-. The highest BCUT2D eigenvalue weighted by molar-refractivity contribution is 7.99. The topological polar surface area (TPSA) is 116 Å². The third-order valence-corrected chi connectivity index (χ3v) is 5.73. The summed E-state index contributed by atoms with van der Waals surface area (Å²) in [4.78, 5) is 12.3. The number of nitriles is 1. The monoisotopic (exact) mass is 463 g/mol. The zero-order valence-corrected chi connectivity index (χ0v) is 19.3. The van der Waals surface area contributed by atoms with Gasteiger partial charge in [-0.15, -0.1) is 10.2 Å². The van der Waals surface area contributed by atoms with Gasteiger partial charge >= 0.3 is 0 Å². The predicted molar refractivity (Wildman–Crippen MR) is 126 cm³/mol. The number of ether oxygens (including phenoxy) is 2. The Balaban J connectivity index is 1.77. The van der Waals surface area contributed by atoms with Crippen LogP contribution < -0.4 is 10.5 Å². The molecule has 0 radical (unpaired) electrons. The lowest BCUT2D eigenvalue weighted by atomic mass is 10.1. The van der Waals surface area contributed by atoms with Gasteiger partial charge in [-0.1, -0.05) is 60.3 Å². The molecular weight excluding hydrogens is 438 g/mol. The summed E-state index contributed by atoms with van der Waals surface area (Å²) in [5, 5.41) is 18.2. The van der Waals surface area contributed by atoms with Crippen LogP contribution in [0.1, 0.15) is 12.7 Å². The van der Waals surface area contributed by atoms with E-state index in [0.29, 0.717) is 24.1 Å². The Morgan fingerprint density at radius 1 is 1.15 bits per heavy atom. The Kier molecular flexibility index (Phi) is 8.63. The van der Waals surface area contributed by atoms with Crippen molar-refractivity contribution in [3.8, 4) is 22.9 Å². The molecule has 0 aliphatic carbocycles. The summed E-state index contributed by atoms with van der Waals surface area (Å²) in [5.74, 6) is 1.02. The van der Waals surface area contributed by atoms with E-state index in [-0.39, 0.29) is 29.4 Å². The van der Waals surface area contributed by atoms with Gasteiger partial charge in [0, 0.05) is 24.9 Å². The molecule has 3 rings (SSSR count). The largest absolute Gasteiger partial charge is 0.485 e. The van der Waals surface area contributed by atoms with Gasteiger partial charge in [-0.25, -0.2) is 0 Å². The van der Waals surface area contributed by atoms with Gasteiger partial charge in [-0.05, 0) is 18.6 Å². The average Bonchev–Trinajstić information content (AvgIpc) is 3.22. The number of thioether (sulfide) groups is 1. The van der Waals surface area contributed by atoms with E-state index in [0.717, 1.165) is 16.9 Å². The van der Waals surface area contributed by atoms with Gasteiger partial charge in [0.25, 0.3) is 0 Å². The summed E-state index contributed by atoms with van der Waals surface area (Å²) in [7, 11) is 1.61. The second-order valence-corrected chi connectivity index (χ2v) is 8.02. The molecule has 0 bridgehead atoms. The fraction of sp³-hybridized carbons (Fsp3) is 0.250. The Labute approximate surface area is 197 Å². The van der Waals surface area contributed by atoms with Crippen molar-refractivity contribution in [3.05, 3.63) is 71.7 Å². The number of Topliss-reactive ketones (excluding diaryl/α,β-unsaturated/α-hetero) is 1. The molecule has 0 saturated carbocycles. The van der Waals surface area contributed by atoms with E-state index in [1.807, 2.05) is 65.2 Å². The molecule has 0 saturated heterocycles. The maximum Gasteiger partial charge on any atom is 0.191 e. The van der Waals surface area contributed by atoms with Crippen molar-refractivity contribution in [2.24, 2.45) is 5.73 Å². The third kappa shape index (κ3) is 6.22. The van der Waals surface area contributed by atoms with Gasteiger partial charge in [0.1, 0.15) is 24.0 Å². The normalized spacial score (nSPS) is 11.5. The van der Waals surface area contributed by atoms with E-state index in [1.165, 1.54) is 18.7 Å². The molecule has 0 spiro atoms. The van der Waals surface area contributed by atoms with Crippen LogP contribution in [0.2, 0.25) is 0 Å². The van der Waals surface area contributed by atoms with Crippen LogP contribution in [0.3, 0.4) is 0 Å². The number of aromatic nitrogens is 3. The summed E-state index contributed by atoms with van der Waals surface area (Å²) in [6, 6.07) is 19.7. The van der Waals surface area contributed by atoms with Crippen LogP contribution in [0, 0.1) is 11.3 Å². The van der Waals surface area contributed by atoms with Gasteiger partial charge in [-0.3, -0.25) is 4.79 Å². The van der Waals surface area contributed by atoms with Gasteiger partial charge < -0.3 is 19.8 Å². The number of nitrogens with zero attached hydrogens (tertiary/aromatic N) is 4. The third-order valence-electron chi connectivity index (χ3n) is 4.76. The van der Waals surface area contributed by atoms with Crippen LogP contribution in [0.15, 0.2) is 71.0 Å². The number of ketones is 1. The number of carbonyl (C=O) groups is 1. The highest BCUT2D eigenvalue weighted by atomic mass is 32.2. The number of para-hydroxylation sites is 1. The van der Waals surface area contributed by atoms with Crippen LogP contribution in [0.25, 0.3) is 11.1 Å². The molecule has 33 heavy (non-hydrogen) atoms. The van der Waals surface area contributed by atoms with E-state index < -0.39 is 0 Å². The molecule has 8 nitrogen and oxygen atoms in total. The molecule has 0 amide bonds. The molecule has 0 atom stereocenters. The van der Waals surface area contributed by atoms with E-state index in [1.54, 1.807) is 7.11 Å². The molecular formula is C24H25N5O3S. The van der Waals surface area contributed by atoms with Gasteiger partial charge in [0.15, 0.2) is 16.8 Å². The molecule has 3 aromatic rings. The Morgan fingerprint density at radius 3 is 2.58 bits per heavy atom. The van der Waals surface area contributed by atoms with Gasteiger partial charge in [0.05, 0.1) is 12.4 Å². The molecule has 170 valence electrons. The predicted octanol–water partition coefficient (Wildman–Crippen LogP) is 3.59. The first-order valence-electron chi connectivity index (χ1n) is 10.3. The molecule has 2 N–H and O–H groups in total. The van der Waals surface area contributed by atoms with Crippen molar-refractivity contribution < 1.29 is 14.3 Å². The molecule has 2 aromatic carbocycles. The zero-order chi connectivity index (χ0) is 23.6. The summed E-state index contributed by atoms with van der Waals surface area (Å²) in [6.07, 6.45) is 0. The second kappa shape index (κ2) is 11.9. The minimum Gasteiger partial charge on any atom is -0.485 e. The molecule has 1 heterocycles. The summed E-state index contributed by atoms with van der Waals surface area (Å²) in [6.45, 7) is 2.67. The van der Waals surface area contributed by atoms with Crippen molar-refractivity contribution in [3.63, 3.8) is 0 Å².